The van der Waals surface area contributed by atoms with Crippen LogP contribution in [0, 0.1) is 11.2 Å². The Labute approximate surface area is 134 Å². The highest BCUT2D eigenvalue weighted by Gasteiger charge is 2.64. The van der Waals surface area contributed by atoms with E-state index in [1.165, 1.54) is 12.1 Å². The van der Waals surface area contributed by atoms with Crippen molar-refractivity contribution in [1.29, 1.82) is 0 Å². The third-order valence-electron chi connectivity index (χ3n) is 4.18. The Hall–Kier alpha value is -2.16. The van der Waals surface area contributed by atoms with E-state index in [2.05, 4.69) is 0 Å². The summed E-state index contributed by atoms with van der Waals surface area (Å²) in [5.74, 6) is -3.47. The van der Waals surface area contributed by atoms with Crippen molar-refractivity contribution in [1.82, 2.24) is 4.90 Å². The lowest BCUT2D eigenvalue weighted by atomic mass is 9.86. The van der Waals surface area contributed by atoms with Crippen LogP contribution in [-0.4, -0.2) is 46.3 Å². The van der Waals surface area contributed by atoms with Crippen LogP contribution in [0.25, 0.3) is 0 Å². The lowest BCUT2D eigenvalue weighted by Gasteiger charge is -2.27. The SMILES string of the molecule is O=C(CC(O)c1cccc(F)c1)N1CCC(C(=O)O)(C(F)(F)F)C1. The number of hydrogen-bond acceptors (Lipinski definition) is 3. The van der Waals surface area contributed by atoms with Crippen LogP contribution in [0.15, 0.2) is 24.3 Å². The van der Waals surface area contributed by atoms with Crippen molar-refractivity contribution in [3.8, 4) is 0 Å². The number of aliphatic hydroxyl groups is 1. The van der Waals surface area contributed by atoms with E-state index in [0.29, 0.717) is 0 Å². The molecule has 1 aromatic carbocycles. The molecule has 2 atom stereocenters. The Balaban J connectivity index is 2.08. The van der Waals surface area contributed by atoms with Gasteiger partial charge in [-0.25, -0.2) is 4.39 Å². The van der Waals surface area contributed by atoms with E-state index >= 15 is 0 Å². The highest BCUT2D eigenvalue weighted by Crippen LogP contribution is 2.46. The number of hydrogen-bond donors (Lipinski definition) is 2. The maximum atomic E-state index is 13.1. The average Bonchev–Trinajstić information content (AvgIpc) is 2.93. The zero-order valence-corrected chi connectivity index (χ0v) is 12.4. The lowest BCUT2D eigenvalue weighted by molar-refractivity contribution is -0.227. The quantitative estimate of drug-likeness (QED) is 0.817. The van der Waals surface area contributed by atoms with Crippen molar-refractivity contribution in [2.45, 2.75) is 25.1 Å². The van der Waals surface area contributed by atoms with Crippen molar-refractivity contribution in [2.24, 2.45) is 5.41 Å². The molecule has 0 spiro atoms. The Morgan fingerprint density at radius 1 is 1.33 bits per heavy atom. The molecule has 9 heteroatoms. The van der Waals surface area contributed by atoms with Crippen LogP contribution in [-0.2, 0) is 9.59 Å². The maximum Gasteiger partial charge on any atom is 0.406 e. The van der Waals surface area contributed by atoms with E-state index in [4.69, 9.17) is 5.11 Å². The summed E-state index contributed by atoms with van der Waals surface area (Å²) in [5.41, 5.74) is -2.88. The summed E-state index contributed by atoms with van der Waals surface area (Å²) in [6.45, 7) is -1.37. The molecule has 0 bridgehead atoms. The molecule has 132 valence electrons. The van der Waals surface area contributed by atoms with E-state index in [-0.39, 0.29) is 12.1 Å². The molecule has 1 heterocycles. The molecule has 2 N–H and O–H groups in total. The molecule has 1 aliphatic rings. The van der Waals surface area contributed by atoms with Crippen LogP contribution in [0.1, 0.15) is 24.5 Å². The molecule has 1 fully saturated rings. The van der Waals surface area contributed by atoms with Gasteiger partial charge in [-0.1, -0.05) is 12.1 Å². The van der Waals surface area contributed by atoms with Gasteiger partial charge in [-0.3, -0.25) is 9.59 Å². The Morgan fingerprint density at radius 2 is 2.00 bits per heavy atom. The van der Waals surface area contributed by atoms with E-state index < -0.39 is 54.8 Å². The topological polar surface area (TPSA) is 77.8 Å². The van der Waals surface area contributed by atoms with Crippen molar-refractivity contribution in [3.63, 3.8) is 0 Å². The molecule has 1 amide bonds. The summed E-state index contributed by atoms with van der Waals surface area (Å²) >= 11 is 0. The number of carbonyl (C=O) groups excluding carboxylic acids is 1. The van der Waals surface area contributed by atoms with Gasteiger partial charge in [0.2, 0.25) is 5.91 Å². The van der Waals surface area contributed by atoms with Crippen LogP contribution in [0.5, 0.6) is 0 Å². The Bertz CT molecular complexity index is 649. The van der Waals surface area contributed by atoms with Gasteiger partial charge in [-0.05, 0) is 24.1 Å². The van der Waals surface area contributed by atoms with Crippen LogP contribution in [0.2, 0.25) is 0 Å². The minimum Gasteiger partial charge on any atom is -0.481 e. The largest absolute Gasteiger partial charge is 0.481 e. The molecule has 0 saturated carbocycles. The average molecular weight is 349 g/mol. The minimum absolute atomic E-state index is 0.114. The van der Waals surface area contributed by atoms with Gasteiger partial charge in [-0.15, -0.1) is 0 Å². The van der Waals surface area contributed by atoms with Crippen LogP contribution in [0.3, 0.4) is 0 Å². The normalized spacial score (nSPS) is 22.5. The molecular formula is C15H15F4NO4. The van der Waals surface area contributed by atoms with Gasteiger partial charge in [0, 0.05) is 13.1 Å². The Morgan fingerprint density at radius 3 is 2.50 bits per heavy atom. The fourth-order valence-corrected chi connectivity index (χ4v) is 2.68. The van der Waals surface area contributed by atoms with Crippen LogP contribution in [0.4, 0.5) is 17.6 Å². The first kappa shape index (κ1) is 18.2. The first-order valence-corrected chi connectivity index (χ1v) is 7.08. The molecule has 0 radical (unpaired) electrons. The molecule has 1 aliphatic heterocycles. The number of carboxylic acid groups (broad SMARTS) is 1. The lowest BCUT2D eigenvalue weighted by Crippen LogP contribution is -2.47. The van der Waals surface area contributed by atoms with Gasteiger partial charge in [0.05, 0.1) is 12.5 Å². The monoisotopic (exact) mass is 349 g/mol. The number of carbonyl (C=O) groups is 2. The third kappa shape index (κ3) is 3.35. The number of carboxylic acids is 1. The third-order valence-corrected chi connectivity index (χ3v) is 4.18. The highest BCUT2D eigenvalue weighted by atomic mass is 19.4. The van der Waals surface area contributed by atoms with E-state index in [1.807, 2.05) is 0 Å². The first-order valence-electron chi connectivity index (χ1n) is 7.08. The second kappa shape index (κ2) is 6.39. The van der Waals surface area contributed by atoms with Gasteiger partial charge in [0.25, 0.3) is 0 Å². The smallest absolute Gasteiger partial charge is 0.406 e. The fourth-order valence-electron chi connectivity index (χ4n) is 2.68. The van der Waals surface area contributed by atoms with Crippen molar-refractivity contribution >= 4 is 11.9 Å². The summed E-state index contributed by atoms with van der Waals surface area (Å²) in [7, 11) is 0. The summed E-state index contributed by atoms with van der Waals surface area (Å²) < 4.78 is 52.3. The molecule has 2 unspecified atom stereocenters. The number of halogens is 4. The van der Waals surface area contributed by atoms with E-state index in [0.717, 1.165) is 17.0 Å². The molecule has 1 saturated heterocycles. The summed E-state index contributed by atoms with van der Waals surface area (Å²) in [4.78, 5) is 23.9. The summed E-state index contributed by atoms with van der Waals surface area (Å²) in [5, 5.41) is 18.9. The van der Waals surface area contributed by atoms with E-state index in [1.54, 1.807) is 0 Å². The number of aliphatic carboxylic acids is 1. The number of rotatable bonds is 4. The molecule has 2 rings (SSSR count). The van der Waals surface area contributed by atoms with Gasteiger partial charge in [0.15, 0.2) is 5.41 Å². The highest BCUT2D eigenvalue weighted by molar-refractivity contribution is 5.81. The minimum atomic E-state index is -4.99. The van der Waals surface area contributed by atoms with Crippen molar-refractivity contribution < 1.29 is 37.4 Å². The second-order valence-corrected chi connectivity index (χ2v) is 5.73. The number of benzene rings is 1. The van der Waals surface area contributed by atoms with Gasteiger partial charge >= 0.3 is 12.1 Å². The second-order valence-electron chi connectivity index (χ2n) is 5.73. The van der Waals surface area contributed by atoms with Gasteiger partial charge < -0.3 is 15.1 Å². The standard InChI is InChI=1S/C15H15F4NO4/c16-10-3-1-2-9(6-10)11(21)7-12(22)20-5-4-14(8-20,13(23)24)15(17,18)19/h1-3,6,11,21H,4-5,7-8H2,(H,23,24). The number of aliphatic hydroxyl groups excluding tert-OH is 1. The number of amides is 1. The summed E-state index contributed by atoms with van der Waals surface area (Å²) in [6, 6.07) is 4.86. The van der Waals surface area contributed by atoms with Gasteiger partial charge in [-0.2, -0.15) is 13.2 Å². The molecule has 0 aliphatic carbocycles. The molecule has 1 aromatic rings. The molecule has 5 nitrogen and oxygen atoms in total. The zero-order chi connectivity index (χ0) is 18.1. The van der Waals surface area contributed by atoms with Crippen LogP contribution >= 0.6 is 0 Å². The fraction of sp³-hybridized carbons (Fsp3) is 0.467. The van der Waals surface area contributed by atoms with Crippen molar-refractivity contribution in [2.75, 3.05) is 13.1 Å². The molecule has 24 heavy (non-hydrogen) atoms. The molecule has 0 aromatic heterocycles. The molecular weight excluding hydrogens is 334 g/mol. The summed E-state index contributed by atoms with van der Waals surface area (Å²) in [6.07, 6.45) is -7.68. The number of likely N-dealkylation sites (tertiary alicyclic amines) is 1. The predicted molar refractivity (Wildman–Crippen MR) is 73.3 cm³/mol. The Kier molecular flexibility index (Phi) is 4.84. The van der Waals surface area contributed by atoms with Gasteiger partial charge in [0.1, 0.15) is 5.82 Å². The number of nitrogens with zero attached hydrogens (tertiary/aromatic N) is 1. The van der Waals surface area contributed by atoms with E-state index in [9.17, 15) is 32.3 Å². The predicted octanol–water partition coefficient (Wildman–Crippen LogP) is 2.11. The maximum absolute atomic E-state index is 13.1. The van der Waals surface area contributed by atoms with Crippen molar-refractivity contribution in [3.05, 3.63) is 35.6 Å². The number of alkyl halides is 3. The van der Waals surface area contributed by atoms with Crippen LogP contribution < -0.4 is 0 Å². The zero-order valence-electron chi connectivity index (χ0n) is 12.4. The first-order chi connectivity index (χ1) is 11.1.